The summed E-state index contributed by atoms with van der Waals surface area (Å²) in [4.78, 5) is 0. The molecule has 0 fully saturated rings. The number of benzene rings is 1. The van der Waals surface area contributed by atoms with Gasteiger partial charge in [0.2, 0.25) is 0 Å². The zero-order chi connectivity index (χ0) is 14.1. The quantitative estimate of drug-likeness (QED) is 0.719. The fourth-order valence-electron chi connectivity index (χ4n) is 1.36. The third-order valence-electron chi connectivity index (χ3n) is 2.65. The maximum absolute atomic E-state index is 3.56. The molecule has 0 radical (unpaired) electrons. The van der Waals surface area contributed by atoms with Gasteiger partial charge in [0.05, 0.1) is 0 Å². The second-order valence-corrected chi connectivity index (χ2v) is 4.32. The second kappa shape index (κ2) is 8.35. The van der Waals surface area contributed by atoms with Crippen LogP contribution in [-0.4, -0.2) is 7.05 Å². The van der Waals surface area contributed by atoms with Gasteiger partial charge in [0.15, 0.2) is 0 Å². The fourth-order valence-corrected chi connectivity index (χ4v) is 1.36. The third-order valence-corrected chi connectivity index (χ3v) is 2.65. The van der Waals surface area contributed by atoms with E-state index in [9.17, 15) is 0 Å². The molecule has 0 bridgehead atoms. The number of aryl methyl sites for hydroxylation is 1. The lowest BCUT2D eigenvalue weighted by molar-refractivity contribution is 1.40. The number of rotatable bonds is 3. The highest BCUT2D eigenvalue weighted by atomic mass is 14.8. The number of hydrogen-bond acceptors (Lipinski definition) is 1. The van der Waals surface area contributed by atoms with Crippen LogP contribution in [-0.2, 0) is 0 Å². The second-order valence-electron chi connectivity index (χ2n) is 4.32. The molecule has 1 aromatic carbocycles. The van der Waals surface area contributed by atoms with Gasteiger partial charge in [-0.1, -0.05) is 42.5 Å². The minimum Gasteiger partial charge on any atom is -0.388 e. The van der Waals surface area contributed by atoms with E-state index >= 15 is 0 Å². The maximum atomic E-state index is 3.56. The van der Waals surface area contributed by atoms with Crippen LogP contribution in [0.4, 0.5) is 5.69 Å². The van der Waals surface area contributed by atoms with Crippen LogP contribution in [0.5, 0.6) is 0 Å². The van der Waals surface area contributed by atoms with Crippen molar-refractivity contribution in [2.24, 2.45) is 0 Å². The van der Waals surface area contributed by atoms with Crippen molar-refractivity contribution in [1.82, 2.24) is 0 Å². The molecule has 0 atom stereocenters. The van der Waals surface area contributed by atoms with Gasteiger partial charge in [-0.05, 0) is 45.4 Å². The summed E-state index contributed by atoms with van der Waals surface area (Å²) in [5, 5.41) is 3.20. The van der Waals surface area contributed by atoms with E-state index in [1.165, 1.54) is 22.4 Å². The van der Waals surface area contributed by atoms with E-state index < -0.39 is 0 Å². The topological polar surface area (TPSA) is 12.0 Å². The summed E-state index contributed by atoms with van der Waals surface area (Å²) < 4.78 is 0. The smallest absolute Gasteiger partial charge is 0.0413 e. The number of anilines is 1. The zero-order valence-corrected chi connectivity index (χ0v) is 12.3. The van der Waals surface area contributed by atoms with E-state index in [-0.39, 0.29) is 0 Å². The van der Waals surface area contributed by atoms with Gasteiger partial charge in [-0.25, -0.2) is 0 Å². The molecule has 1 rings (SSSR count). The highest BCUT2D eigenvalue weighted by Crippen LogP contribution is 2.24. The standard InChI is InChI=1S/C12H17N.C5H8/c1-5-10(3)11-8-9(2)6-7-12(11)13-4;1-4-5(2)3/h5-8,13H,1-4H3;4H,1-2H2,3H3/b10-5+;. The van der Waals surface area contributed by atoms with Crippen LogP contribution in [0.1, 0.15) is 31.9 Å². The first-order valence-corrected chi connectivity index (χ1v) is 6.15. The number of allylic oxidation sites excluding steroid dienone is 4. The summed E-state index contributed by atoms with van der Waals surface area (Å²) in [5.41, 5.74) is 6.12. The predicted octanol–water partition coefficient (Wildman–Crippen LogP) is 5.21. The normalized spacial score (nSPS) is 10.2. The van der Waals surface area contributed by atoms with Crippen LogP contribution in [0, 0.1) is 6.92 Å². The maximum Gasteiger partial charge on any atom is 0.0413 e. The first kappa shape index (κ1) is 16.2. The molecular weight excluding hydrogens is 218 g/mol. The Morgan fingerprint density at radius 2 is 1.83 bits per heavy atom. The molecule has 0 spiro atoms. The van der Waals surface area contributed by atoms with Crippen LogP contribution in [0.3, 0.4) is 0 Å². The minimum atomic E-state index is 1.02. The highest BCUT2D eigenvalue weighted by Gasteiger charge is 2.01. The molecule has 1 nitrogen and oxygen atoms in total. The van der Waals surface area contributed by atoms with E-state index in [4.69, 9.17) is 0 Å². The predicted molar refractivity (Wildman–Crippen MR) is 85.1 cm³/mol. The Kier molecular flexibility index (Phi) is 7.53. The SMILES string of the molecule is C/C=C(\C)c1cc(C)ccc1NC.C=CC(=C)C. The van der Waals surface area contributed by atoms with Crippen LogP contribution in [0.25, 0.3) is 5.57 Å². The lowest BCUT2D eigenvalue weighted by atomic mass is 10.0. The van der Waals surface area contributed by atoms with Gasteiger partial charge in [-0.2, -0.15) is 0 Å². The number of hydrogen-bond donors (Lipinski definition) is 1. The summed E-state index contributed by atoms with van der Waals surface area (Å²) in [6, 6.07) is 6.46. The summed E-state index contributed by atoms with van der Waals surface area (Å²) in [6.07, 6.45) is 3.86. The van der Waals surface area contributed by atoms with Crippen LogP contribution < -0.4 is 5.32 Å². The van der Waals surface area contributed by atoms with Gasteiger partial charge >= 0.3 is 0 Å². The minimum absolute atomic E-state index is 1.02. The van der Waals surface area contributed by atoms with Crippen molar-refractivity contribution in [3.8, 4) is 0 Å². The molecule has 0 amide bonds. The molecule has 1 heteroatoms. The summed E-state index contributed by atoms with van der Waals surface area (Å²) in [7, 11) is 1.96. The van der Waals surface area contributed by atoms with Crippen LogP contribution in [0.15, 0.2) is 49.1 Å². The van der Waals surface area contributed by atoms with E-state index in [0.29, 0.717) is 0 Å². The lowest BCUT2D eigenvalue weighted by Crippen LogP contribution is -1.94. The molecule has 0 heterocycles. The molecule has 0 aliphatic carbocycles. The summed E-state index contributed by atoms with van der Waals surface area (Å²) in [5.74, 6) is 0. The first-order chi connectivity index (χ1) is 8.46. The largest absolute Gasteiger partial charge is 0.388 e. The molecule has 0 aliphatic rings. The molecular formula is C17H25N. The molecule has 98 valence electrons. The van der Waals surface area contributed by atoms with Gasteiger partial charge in [-0.3, -0.25) is 0 Å². The summed E-state index contributed by atoms with van der Waals surface area (Å²) in [6.45, 7) is 15.2. The molecule has 0 unspecified atom stereocenters. The molecule has 0 aliphatic heterocycles. The Hall–Kier alpha value is -1.76. The highest BCUT2D eigenvalue weighted by molar-refractivity contribution is 5.75. The first-order valence-electron chi connectivity index (χ1n) is 6.15. The molecule has 1 aromatic rings. The van der Waals surface area contributed by atoms with E-state index in [2.05, 4.69) is 63.5 Å². The molecule has 0 saturated heterocycles. The Morgan fingerprint density at radius 3 is 2.22 bits per heavy atom. The zero-order valence-electron chi connectivity index (χ0n) is 12.3. The van der Waals surface area contributed by atoms with E-state index in [1.807, 2.05) is 14.0 Å². The van der Waals surface area contributed by atoms with Gasteiger partial charge in [-0.15, -0.1) is 0 Å². The van der Waals surface area contributed by atoms with Crippen LogP contribution >= 0.6 is 0 Å². The van der Waals surface area contributed by atoms with Crippen molar-refractivity contribution in [3.63, 3.8) is 0 Å². The lowest BCUT2D eigenvalue weighted by Gasteiger charge is -2.10. The van der Waals surface area contributed by atoms with Gasteiger partial charge in [0.1, 0.15) is 0 Å². The number of nitrogens with one attached hydrogen (secondary N) is 1. The van der Waals surface area contributed by atoms with Crippen molar-refractivity contribution in [3.05, 3.63) is 60.2 Å². The average molecular weight is 243 g/mol. The van der Waals surface area contributed by atoms with Gasteiger partial charge in [0, 0.05) is 18.3 Å². The van der Waals surface area contributed by atoms with Crippen molar-refractivity contribution < 1.29 is 0 Å². The molecule has 0 saturated carbocycles. The van der Waals surface area contributed by atoms with Crippen molar-refractivity contribution >= 4 is 11.3 Å². The Bertz CT molecular complexity index is 439. The van der Waals surface area contributed by atoms with Crippen molar-refractivity contribution in [1.29, 1.82) is 0 Å². The fraction of sp³-hybridized carbons (Fsp3) is 0.294. The molecule has 18 heavy (non-hydrogen) atoms. The molecule has 0 aromatic heterocycles. The molecule has 1 N–H and O–H groups in total. The Balaban J connectivity index is 0.000000494. The van der Waals surface area contributed by atoms with E-state index in [0.717, 1.165) is 5.57 Å². The van der Waals surface area contributed by atoms with Gasteiger partial charge in [0.25, 0.3) is 0 Å². The van der Waals surface area contributed by atoms with Gasteiger partial charge < -0.3 is 5.32 Å². The van der Waals surface area contributed by atoms with Crippen LogP contribution in [0.2, 0.25) is 0 Å². The summed E-state index contributed by atoms with van der Waals surface area (Å²) >= 11 is 0. The van der Waals surface area contributed by atoms with Crippen molar-refractivity contribution in [2.45, 2.75) is 27.7 Å². The van der Waals surface area contributed by atoms with E-state index in [1.54, 1.807) is 6.08 Å². The monoisotopic (exact) mass is 243 g/mol. The Morgan fingerprint density at radius 1 is 1.28 bits per heavy atom. The Labute approximate surface area is 112 Å². The van der Waals surface area contributed by atoms with Crippen molar-refractivity contribution in [2.75, 3.05) is 12.4 Å². The third kappa shape index (κ3) is 5.53. The average Bonchev–Trinajstić information content (AvgIpc) is 2.38.